The van der Waals surface area contributed by atoms with Crippen molar-refractivity contribution >= 4 is 17.6 Å². The third kappa shape index (κ3) is 5.54. The Morgan fingerprint density at radius 3 is 2.40 bits per heavy atom. The average molecular weight is 348 g/mol. The Hall–Kier alpha value is -1.92. The summed E-state index contributed by atoms with van der Waals surface area (Å²) in [7, 11) is 0. The van der Waals surface area contributed by atoms with Gasteiger partial charge in [-0.25, -0.2) is 4.79 Å². The molecule has 1 fully saturated rings. The molecule has 25 heavy (non-hydrogen) atoms. The number of hydrogen-bond donors (Lipinski definition) is 1. The van der Waals surface area contributed by atoms with Gasteiger partial charge in [-0.3, -0.25) is 9.69 Å². The molecule has 1 amide bonds. The first-order valence-corrected chi connectivity index (χ1v) is 8.68. The number of carbonyl (C=O) groups excluding carboxylic acids is 2. The molecule has 0 radical (unpaired) electrons. The summed E-state index contributed by atoms with van der Waals surface area (Å²) in [5.41, 5.74) is 0.880. The van der Waals surface area contributed by atoms with Crippen LogP contribution in [0.15, 0.2) is 24.3 Å². The zero-order chi connectivity index (χ0) is 18.6. The van der Waals surface area contributed by atoms with E-state index in [1.54, 1.807) is 38.1 Å². The van der Waals surface area contributed by atoms with E-state index >= 15 is 0 Å². The fourth-order valence-electron chi connectivity index (χ4n) is 2.77. The molecule has 6 nitrogen and oxygen atoms in total. The number of nitrogens with one attached hydrogen (secondary N) is 1. The van der Waals surface area contributed by atoms with E-state index in [4.69, 9.17) is 9.47 Å². The Labute approximate surface area is 149 Å². The number of morpholine rings is 1. The Morgan fingerprint density at radius 2 is 1.84 bits per heavy atom. The van der Waals surface area contributed by atoms with Crippen molar-refractivity contribution in [1.82, 2.24) is 4.90 Å². The molecule has 138 valence electrons. The second kappa shape index (κ2) is 7.97. The molecule has 1 aliphatic heterocycles. The van der Waals surface area contributed by atoms with Crippen molar-refractivity contribution < 1.29 is 19.1 Å². The average Bonchev–Trinajstić information content (AvgIpc) is 2.53. The Bertz CT molecular complexity index is 610. The Kier molecular flexibility index (Phi) is 6.19. The second-order valence-electron chi connectivity index (χ2n) is 7.28. The van der Waals surface area contributed by atoms with Gasteiger partial charge in [0.05, 0.1) is 29.9 Å². The quantitative estimate of drug-likeness (QED) is 0.829. The largest absolute Gasteiger partial charge is 0.459 e. The van der Waals surface area contributed by atoms with Gasteiger partial charge in [-0.1, -0.05) is 0 Å². The van der Waals surface area contributed by atoms with E-state index in [9.17, 15) is 9.59 Å². The smallest absolute Gasteiger partial charge is 0.338 e. The molecule has 1 saturated heterocycles. The predicted octanol–water partition coefficient (Wildman–Crippen LogP) is 2.69. The summed E-state index contributed by atoms with van der Waals surface area (Å²) < 4.78 is 10.8. The van der Waals surface area contributed by atoms with Gasteiger partial charge in [0.15, 0.2) is 0 Å². The number of hydrogen-bond acceptors (Lipinski definition) is 5. The lowest BCUT2D eigenvalue weighted by atomic mass is 10.1. The van der Waals surface area contributed by atoms with Crippen LogP contribution in [-0.2, 0) is 14.3 Å². The highest BCUT2D eigenvalue weighted by molar-refractivity contribution is 5.95. The number of amides is 1. The molecule has 1 atom stereocenters. The summed E-state index contributed by atoms with van der Waals surface area (Å²) in [6.45, 7) is 11.6. The molecule has 2 rings (SSSR count). The normalized spacial score (nSPS) is 18.6. The molecule has 0 saturated carbocycles. The van der Waals surface area contributed by atoms with Crippen LogP contribution in [0.25, 0.3) is 0 Å². The highest BCUT2D eigenvalue weighted by atomic mass is 16.5. The van der Waals surface area contributed by atoms with Gasteiger partial charge in [0, 0.05) is 18.8 Å². The molecular formula is C19H28N2O4. The van der Waals surface area contributed by atoms with Crippen molar-refractivity contribution in [2.24, 2.45) is 0 Å². The van der Waals surface area contributed by atoms with Gasteiger partial charge in [-0.15, -0.1) is 0 Å². The predicted molar refractivity (Wildman–Crippen MR) is 96.7 cm³/mol. The van der Waals surface area contributed by atoms with E-state index < -0.39 is 0 Å². The molecule has 6 heteroatoms. The summed E-state index contributed by atoms with van der Waals surface area (Å²) in [5, 5.41) is 2.90. The Morgan fingerprint density at radius 1 is 1.20 bits per heavy atom. The van der Waals surface area contributed by atoms with Crippen LogP contribution < -0.4 is 5.32 Å². The molecule has 1 heterocycles. The highest BCUT2D eigenvalue weighted by Crippen LogP contribution is 2.19. The maximum Gasteiger partial charge on any atom is 0.338 e. The minimum atomic E-state index is -0.364. The number of ether oxygens (including phenoxy) is 2. The monoisotopic (exact) mass is 348 g/mol. The third-order valence-corrected chi connectivity index (χ3v) is 4.11. The van der Waals surface area contributed by atoms with Crippen LogP contribution in [0.4, 0.5) is 5.69 Å². The summed E-state index contributed by atoms with van der Waals surface area (Å²) in [4.78, 5) is 26.5. The Balaban J connectivity index is 1.94. The molecule has 0 bridgehead atoms. The van der Waals surface area contributed by atoms with Gasteiger partial charge in [0.2, 0.25) is 5.91 Å². The molecule has 0 spiro atoms. The lowest BCUT2D eigenvalue weighted by Crippen LogP contribution is -2.54. The summed E-state index contributed by atoms with van der Waals surface area (Å²) >= 11 is 0. The minimum absolute atomic E-state index is 0.0739. The van der Waals surface area contributed by atoms with Crippen molar-refractivity contribution in [2.75, 3.05) is 25.0 Å². The number of nitrogens with zero attached hydrogens (tertiary/aromatic N) is 1. The second-order valence-corrected chi connectivity index (χ2v) is 7.28. The van der Waals surface area contributed by atoms with Crippen LogP contribution >= 0.6 is 0 Å². The van der Waals surface area contributed by atoms with Crippen LogP contribution in [0.1, 0.15) is 45.0 Å². The topological polar surface area (TPSA) is 67.9 Å². The SMILES string of the molecule is CC(C)OC(=O)c1ccc(NC(=O)C(C)N2CCOC(C)(C)C2)cc1. The number of anilines is 1. The number of carbonyl (C=O) groups is 2. The fraction of sp³-hybridized carbons (Fsp3) is 0.579. The maximum absolute atomic E-state index is 12.5. The molecule has 1 unspecified atom stereocenters. The lowest BCUT2D eigenvalue weighted by molar-refractivity contribution is -0.129. The van der Waals surface area contributed by atoms with E-state index in [1.165, 1.54) is 0 Å². The third-order valence-electron chi connectivity index (χ3n) is 4.11. The molecular weight excluding hydrogens is 320 g/mol. The van der Waals surface area contributed by atoms with Gasteiger partial charge < -0.3 is 14.8 Å². The van der Waals surface area contributed by atoms with Crippen molar-refractivity contribution in [3.63, 3.8) is 0 Å². The lowest BCUT2D eigenvalue weighted by Gasteiger charge is -2.40. The van der Waals surface area contributed by atoms with E-state index in [0.29, 0.717) is 24.4 Å². The van der Waals surface area contributed by atoms with Crippen molar-refractivity contribution in [2.45, 2.75) is 52.4 Å². The molecule has 0 aromatic heterocycles. The molecule has 1 N–H and O–H groups in total. The number of esters is 1. The zero-order valence-corrected chi connectivity index (χ0v) is 15.7. The van der Waals surface area contributed by atoms with E-state index in [2.05, 4.69) is 10.2 Å². The van der Waals surface area contributed by atoms with Gasteiger partial charge in [-0.05, 0) is 58.9 Å². The first kappa shape index (κ1) is 19.4. The van der Waals surface area contributed by atoms with Crippen molar-refractivity contribution in [3.05, 3.63) is 29.8 Å². The van der Waals surface area contributed by atoms with Gasteiger partial charge in [0.25, 0.3) is 0 Å². The maximum atomic E-state index is 12.5. The number of rotatable bonds is 5. The first-order valence-electron chi connectivity index (χ1n) is 8.68. The zero-order valence-electron chi connectivity index (χ0n) is 15.7. The van der Waals surface area contributed by atoms with Crippen LogP contribution in [0.3, 0.4) is 0 Å². The van der Waals surface area contributed by atoms with E-state index in [1.807, 2.05) is 20.8 Å². The van der Waals surface area contributed by atoms with Gasteiger partial charge in [-0.2, -0.15) is 0 Å². The van der Waals surface area contributed by atoms with Crippen LogP contribution in [-0.4, -0.2) is 54.2 Å². The van der Waals surface area contributed by atoms with Gasteiger partial charge in [0.1, 0.15) is 0 Å². The molecule has 0 aliphatic carbocycles. The van der Waals surface area contributed by atoms with E-state index in [0.717, 1.165) is 6.54 Å². The van der Waals surface area contributed by atoms with Crippen molar-refractivity contribution in [1.29, 1.82) is 0 Å². The first-order chi connectivity index (χ1) is 11.7. The van der Waals surface area contributed by atoms with Gasteiger partial charge >= 0.3 is 5.97 Å². The van der Waals surface area contributed by atoms with Crippen molar-refractivity contribution in [3.8, 4) is 0 Å². The molecule has 1 aliphatic rings. The molecule has 1 aromatic rings. The standard InChI is InChI=1S/C19H28N2O4/c1-13(2)25-18(23)15-6-8-16(9-7-15)20-17(22)14(3)21-10-11-24-19(4,5)12-21/h6-9,13-14H,10-12H2,1-5H3,(H,20,22). The summed E-state index contributed by atoms with van der Waals surface area (Å²) in [6, 6.07) is 6.48. The highest BCUT2D eigenvalue weighted by Gasteiger charge is 2.32. The minimum Gasteiger partial charge on any atom is -0.459 e. The number of benzene rings is 1. The fourth-order valence-corrected chi connectivity index (χ4v) is 2.77. The van der Waals surface area contributed by atoms with Crippen LogP contribution in [0.5, 0.6) is 0 Å². The van der Waals surface area contributed by atoms with Crippen LogP contribution in [0.2, 0.25) is 0 Å². The van der Waals surface area contributed by atoms with E-state index in [-0.39, 0.29) is 29.6 Å². The van der Waals surface area contributed by atoms with Crippen LogP contribution in [0, 0.1) is 0 Å². The molecule has 1 aromatic carbocycles. The summed E-state index contributed by atoms with van der Waals surface area (Å²) in [6.07, 6.45) is -0.162. The summed E-state index contributed by atoms with van der Waals surface area (Å²) in [5.74, 6) is -0.438.